The van der Waals surface area contributed by atoms with Gasteiger partial charge in [0.25, 0.3) is 5.91 Å². The largest absolute Gasteiger partial charge is 0.370 e. The Bertz CT molecular complexity index is 458. The van der Waals surface area contributed by atoms with Gasteiger partial charge in [-0.25, -0.2) is 4.98 Å². The fraction of sp³-hybridized carbons (Fsp3) is 0.625. The maximum Gasteiger partial charge on any atom is 0.269 e. The second-order valence-electron chi connectivity index (χ2n) is 6.15. The van der Waals surface area contributed by atoms with Crippen LogP contribution in [0.5, 0.6) is 0 Å². The second-order valence-corrected chi connectivity index (χ2v) is 6.15. The number of piperidine rings is 1. The highest BCUT2D eigenvalue weighted by Gasteiger charge is 2.17. The van der Waals surface area contributed by atoms with E-state index >= 15 is 0 Å². The Morgan fingerprint density at radius 2 is 2.29 bits per heavy atom. The quantitative estimate of drug-likeness (QED) is 0.895. The Balaban J connectivity index is 1.90. The first-order valence-corrected chi connectivity index (χ1v) is 7.70. The van der Waals surface area contributed by atoms with E-state index in [0.29, 0.717) is 12.2 Å². The lowest BCUT2D eigenvalue weighted by Gasteiger charge is -2.32. The molecule has 1 aromatic heterocycles. The molecular formula is C16H26N4O. The molecule has 0 bridgehead atoms. The van der Waals surface area contributed by atoms with Crippen LogP contribution in [0.3, 0.4) is 0 Å². The van der Waals surface area contributed by atoms with Crippen molar-refractivity contribution in [1.29, 1.82) is 0 Å². The van der Waals surface area contributed by atoms with Crippen molar-refractivity contribution in [3.8, 4) is 0 Å². The van der Waals surface area contributed by atoms with Crippen LogP contribution in [0.25, 0.3) is 0 Å². The standard InChI is InChI=1S/C16H26N4O/c1-13-5-4-9-20(12-13)14-6-7-15(18-11-14)16(21)17-8-10-19(2)3/h6-7,11,13H,4-5,8-10,12H2,1-3H3,(H,17,21). The van der Waals surface area contributed by atoms with E-state index in [1.807, 2.05) is 37.3 Å². The molecule has 1 saturated heterocycles. The monoisotopic (exact) mass is 290 g/mol. The topological polar surface area (TPSA) is 48.5 Å². The van der Waals surface area contributed by atoms with Crippen molar-refractivity contribution in [2.75, 3.05) is 45.2 Å². The molecule has 1 unspecified atom stereocenters. The predicted molar refractivity (Wildman–Crippen MR) is 85.7 cm³/mol. The van der Waals surface area contributed by atoms with Gasteiger partial charge in [-0.1, -0.05) is 6.92 Å². The van der Waals surface area contributed by atoms with Crippen molar-refractivity contribution in [2.45, 2.75) is 19.8 Å². The van der Waals surface area contributed by atoms with Gasteiger partial charge in [-0.15, -0.1) is 0 Å². The Hall–Kier alpha value is -1.62. The van der Waals surface area contributed by atoms with E-state index in [0.717, 1.165) is 31.2 Å². The van der Waals surface area contributed by atoms with Crippen LogP contribution in [-0.2, 0) is 0 Å². The van der Waals surface area contributed by atoms with E-state index in [2.05, 4.69) is 22.1 Å². The van der Waals surface area contributed by atoms with Gasteiger partial charge in [-0.2, -0.15) is 0 Å². The molecule has 1 aliphatic rings. The zero-order chi connectivity index (χ0) is 15.2. The summed E-state index contributed by atoms with van der Waals surface area (Å²) in [6.07, 6.45) is 4.35. The molecular weight excluding hydrogens is 264 g/mol. The molecule has 1 amide bonds. The molecule has 1 aromatic rings. The third-order valence-corrected chi connectivity index (χ3v) is 3.85. The van der Waals surface area contributed by atoms with Crippen molar-refractivity contribution in [3.63, 3.8) is 0 Å². The lowest BCUT2D eigenvalue weighted by atomic mass is 10.00. The number of carbonyl (C=O) groups excluding carboxylic acids is 1. The van der Waals surface area contributed by atoms with Crippen molar-refractivity contribution in [3.05, 3.63) is 24.0 Å². The van der Waals surface area contributed by atoms with Crippen LogP contribution in [-0.4, -0.2) is 56.1 Å². The molecule has 5 nitrogen and oxygen atoms in total. The number of hydrogen-bond acceptors (Lipinski definition) is 4. The molecule has 0 spiro atoms. The van der Waals surface area contributed by atoms with Crippen molar-refractivity contribution in [1.82, 2.24) is 15.2 Å². The number of likely N-dealkylation sites (N-methyl/N-ethyl adjacent to an activating group) is 1. The van der Waals surface area contributed by atoms with Gasteiger partial charge in [0.05, 0.1) is 11.9 Å². The van der Waals surface area contributed by atoms with Crippen LogP contribution in [0.15, 0.2) is 18.3 Å². The van der Waals surface area contributed by atoms with Crippen LogP contribution in [0, 0.1) is 5.92 Å². The first-order valence-electron chi connectivity index (χ1n) is 7.70. The summed E-state index contributed by atoms with van der Waals surface area (Å²) >= 11 is 0. The molecule has 5 heteroatoms. The molecule has 1 atom stereocenters. The van der Waals surface area contributed by atoms with E-state index in [4.69, 9.17) is 0 Å². The molecule has 0 radical (unpaired) electrons. The van der Waals surface area contributed by atoms with Crippen LogP contribution in [0.1, 0.15) is 30.3 Å². The van der Waals surface area contributed by atoms with Gasteiger partial charge in [0.1, 0.15) is 5.69 Å². The normalized spacial score (nSPS) is 18.9. The van der Waals surface area contributed by atoms with Crippen LogP contribution >= 0.6 is 0 Å². The SMILES string of the molecule is CC1CCCN(c2ccc(C(=O)NCCN(C)C)nc2)C1. The Morgan fingerprint density at radius 1 is 1.48 bits per heavy atom. The number of anilines is 1. The van der Waals surface area contributed by atoms with Gasteiger partial charge in [0.2, 0.25) is 0 Å². The van der Waals surface area contributed by atoms with Crippen LogP contribution < -0.4 is 10.2 Å². The molecule has 1 fully saturated rings. The molecule has 1 aliphatic heterocycles. The molecule has 0 aliphatic carbocycles. The first-order chi connectivity index (χ1) is 10.1. The van der Waals surface area contributed by atoms with E-state index in [9.17, 15) is 4.79 Å². The smallest absolute Gasteiger partial charge is 0.269 e. The number of hydrogen-bond donors (Lipinski definition) is 1. The number of aromatic nitrogens is 1. The number of rotatable bonds is 5. The summed E-state index contributed by atoms with van der Waals surface area (Å²) in [7, 11) is 3.97. The predicted octanol–water partition coefficient (Wildman–Crippen LogP) is 1.61. The summed E-state index contributed by atoms with van der Waals surface area (Å²) < 4.78 is 0. The van der Waals surface area contributed by atoms with E-state index in [-0.39, 0.29) is 5.91 Å². The minimum atomic E-state index is -0.101. The molecule has 116 valence electrons. The Morgan fingerprint density at radius 3 is 2.90 bits per heavy atom. The Kier molecular flexibility index (Phi) is 5.56. The van der Waals surface area contributed by atoms with Gasteiger partial charge in [-0.05, 0) is 45.0 Å². The molecule has 2 heterocycles. The molecule has 21 heavy (non-hydrogen) atoms. The number of pyridine rings is 1. The van der Waals surface area contributed by atoms with Crippen LogP contribution in [0.2, 0.25) is 0 Å². The third-order valence-electron chi connectivity index (χ3n) is 3.85. The van der Waals surface area contributed by atoms with Gasteiger partial charge in [0, 0.05) is 26.2 Å². The maximum atomic E-state index is 12.0. The zero-order valence-electron chi connectivity index (χ0n) is 13.3. The summed E-state index contributed by atoms with van der Waals surface area (Å²) in [5.41, 5.74) is 1.61. The van der Waals surface area contributed by atoms with Crippen LogP contribution in [0.4, 0.5) is 5.69 Å². The summed E-state index contributed by atoms with van der Waals surface area (Å²) in [6.45, 7) is 5.91. The highest BCUT2D eigenvalue weighted by atomic mass is 16.1. The fourth-order valence-corrected chi connectivity index (χ4v) is 2.61. The first kappa shape index (κ1) is 15.8. The minimum absolute atomic E-state index is 0.101. The van der Waals surface area contributed by atoms with Gasteiger partial charge < -0.3 is 15.1 Å². The number of nitrogens with zero attached hydrogens (tertiary/aromatic N) is 3. The summed E-state index contributed by atoms with van der Waals surface area (Å²) in [6, 6.07) is 3.82. The highest BCUT2D eigenvalue weighted by molar-refractivity contribution is 5.92. The highest BCUT2D eigenvalue weighted by Crippen LogP contribution is 2.22. The van der Waals surface area contributed by atoms with Gasteiger partial charge in [-0.3, -0.25) is 4.79 Å². The summed E-state index contributed by atoms with van der Waals surface area (Å²) in [5.74, 6) is 0.628. The number of nitrogens with one attached hydrogen (secondary N) is 1. The van der Waals surface area contributed by atoms with Crippen molar-refractivity contribution >= 4 is 11.6 Å². The number of carbonyl (C=O) groups is 1. The van der Waals surface area contributed by atoms with E-state index < -0.39 is 0 Å². The van der Waals surface area contributed by atoms with Gasteiger partial charge >= 0.3 is 0 Å². The maximum absolute atomic E-state index is 12.0. The van der Waals surface area contributed by atoms with E-state index in [1.54, 1.807) is 0 Å². The lowest BCUT2D eigenvalue weighted by Crippen LogP contribution is -2.34. The third kappa shape index (κ3) is 4.70. The van der Waals surface area contributed by atoms with E-state index in [1.165, 1.54) is 12.8 Å². The summed E-state index contributed by atoms with van der Waals surface area (Å²) in [5, 5.41) is 2.88. The Labute approximate surface area is 127 Å². The zero-order valence-corrected chi connectivity index (χ0v) is 13.3. The minimum Gasteiger partial charge on any atom is -0.370 e. The summed E-state index contributed by atoms with van der Waals surface area (Å²) in [4.78, 5) is 20.7. The van der Waals surface area contributed by atoms with Crippen molar-refractivity contribution in [2.24, 2.45) is 5.92 Å². The van der Waals surface area contributed by atoms with Crippen molar-refractivity contribution < 1.29 is 4.79 Å². The molecule has 0 saturated carbocycles. The molecule has 1 N–H and O–H groups in total. The van der Waals surface area contributed by atoms with Gasteiger partial charge in [0.15, 0.2) is 0 Å². The average Bonchev–Trinajstić information content (AvgIpc) is 2.47. The molecule has 0 aromatic carbocycles. The average molecular weight is 290 g/mol. The number of amides is 1. The fourth-order valence-electron chi connectivity index (χ4n) is 2.61. The lowest BCUT2D eigenvalue weighted by molar-refractivity contribution is 0.0946. The molecule has 2 rings (SSSR count). The second kappa shape index (κ2) is 7.41.